The molecule has 1 heterocycles. The Kier molecular flexibility index (Phi) is 7.19. The van der Waals surface area contributed by atoms with E-state index in [2.05, 4.69) is 16.9 Å². The molecule has 0 saturated heterocycles. The second kappa shape index (κ2) is 9.37. The van der Waals surface area contributed by atoms with E-state index in [1.165, 1.54) is 0 Å². The summed E-state index contributed by atoms with van der Waals surface area (Å²) in [6, 6.07) is 7.59. The Bertz CT molecular complexity index is 694. The number of aryl methyl sites for hydroxylation is 1. The Morgan fingerprint density at radius 3 is 2.48 bits per heavy atom. The summed E-state index contributed by atoms with van der Waals surface area (Å²) in [4.78, 5) is 20.5. The SMILES string of the molecule is CCCCOc1ccc(-c2nc(C)c(CC(=O)OCC)c(Cl)n2)cc1. The smallest absolute Gasteiger partial charge is 0.310 e. The molecule has 0 fully saturated rings. The number of aromatic nitrogens is 2. The first-order valence-electron chi connectivity index (χ1n) is 8.47. The van der Waals surface area contributed by atoms with Crippen LogP contribution in [-0.2, 0) is 16.0 Å². The minimum Gasteiger partial charge on any atom is -0.494 e. The number of esters is 1. The first-order valence-corrected chi connectivity index (χ1v) is 8.84. The summed E-state index contributed by atoms with van der Waals surface area (Å²) in [5, 5.41) is 0.277. The zero-order valence-electron chi connectivity index (χ0n) is 14.8. The van der Waals surface area contributed by atoms with Crippen molar-refractivity contribution in [3.05, 3.63) is 40.7 Å². The van der Waals surface area contributed by atoms with Crippen LogP contribution < -0.4 is 4.74 Å². The van der Waals surface area contributed by atoms with Gasteiger partial charge in [0.1, 0.15) is 10.9 Å². The van der Waals surface area contributed by atoms with Gasteiger partial charge >= 0.3 is 5.97 Å². The second-order valence-corrected chi connectivity index (χ2v) is 5.97. The molecule has 6 heteroatoms. The van der Waals surface area contributed by atoms with Gasteiger partial charge in [0.05, 0.1) is 19.6 Å². The average Bonchev–Trinajstić information content (AvgIpc) is 2.59. The van der Waals surface area contributed by atoms with Crippen molar-refractivity contribution in [1.82, 2.24) is 9.97 Å². The fourth-order valence-electron chi connectivity index (χ4n) is 2.28. The Morgan fingerprint density at radius 1 is 1.16 bits per heavy atom. The van der Waals surface area contributed by atoms with Gasteiger partial charge in [-0.1, -0.05) is 24.9 Å². The molecule has 0 radical (unpaired) electrons. The molecular weight excluding hydrogens is 340 g/mol. The molecule has 134 valence electrons. The van der Waals surface area contributed by atoms with Gasteiger partial charge in [0, 0.05) is 16.8 Å². The fraction of sp³-hybridized carbons (Fsp3) is 0.421. The molecule has 2 aromatic rings. The van der Waals surface area contributed by atoms with E-state index in [1.54, 1.807) is 6.92 Å². The highest BCUT2D eigenvalue weighted by atomic mass is 35.5. The van der Waals surface area contributed by atoms with Crippen molar-refractivity contribution in [2.45, 2.75) is 40.0 Å². The van der Waals surface area contributed by atoms with Gasteiger partial charge in [-0.3, -0.25) is 4.79 Å². The maximum Gasteiger partial charge on any atom is 0.310 e. The molecule has 5 nitrogen and oxygen atoms in total. The van der Waals surface area contributed by atoms with E-state index >= 15 is 0 Å². The number of hydrogen-bond donors (Lipinski definition) is 0. The summed E-state index contributed by atoms with van der Waals surface area (Å²) < 4.78 is 10.6. The van der Waals surface area contributed by atoms with Crippen molar-refractivity contribution in [3.63, 3.8) is 0 Å². The summed E-state index contributed by atoms with van der Waals surface area (Å²) in [5.74, 6) is 1.01. The maximum absolute atomic E-state index is 11.7. The van der Waals surface area contributed by atoms with Crippen molar-refractivity contribution < 1.29 is 14.3 Å². The van der Waals surface area contributed by atoms with Gasteiger partial charge in [-0.2, -0.15) is 0 Å². The predicted octanol–water partition coefficient (Wildman–Crippen LogP) is 4.39. The molecule has 2 rings (SSSR count). The van der Waals surface area contributed by atoms with Crippen LogP contribution in [0, 0.1) is 6.92 Å². The average molecular weight is 363 g/mol. The van der Waals surface area contributed by atoms with E-state index in [9.17, 15) is 4.79 Å². The highest BCUT2D eigenvalue weighted by Crippen LogP contribution is 2.24. The number of hydrogen-bond acceptors (Lipinski definition) is 5. The second-order valence-electron chi connectivity index (χ2n) is 5.61. The molecule has 0 aliphatic heterocycles. The molecule has 0 spiro atoms. The van der Waals surface area contributed by atoms with E-state index < -0.39 is 0 Å². The molecular formula is C19H23ClN2O3. The molecule has 0 N–H and O–H groups in total. The highest BCUT2D eigenvalue weighted by Gasteiger charge is 2.15. The predicted molar refractivity (Wildman–Crippen MR) is 98.0 cm³/mol. The van der Waals surface area contributed by atoms with Gasteiger partial charge in [-0.05, 0) is 44.5 Å². The Hall–Kier alpha value is -2.14. The lowest BCUT2D eigenvalue weighted by atomic mass is 10.1. The lowest BCUT2D eigenvalue weighted by molar-refractivity contribution is -0.142. The summed E-state index contributed by atoms with van der Waals surface area (Å²) in [6.07, 6.45) is 2.20. The fourth-order valence-corrected chi connectivity index (χ4v) is 2.57. The highest BCUT2D eigenvalue weighted by molar-refractivity contribution is 6.30. The van der Waals surface area contributed by atoms with Gasteiger partial charge < -0.3 is 9.47 Å². The van der Waals surface area contributed by atoms with Crippen LogP contribution in [0.4, 0.5) is 0 Å². The molecule has 0 amide bonds. The van der Waals surface area contributed by atoms with Crippen molar-refractivity contribution in [2.24, 2.45) is 0 Å². The van der Waals surface area contributed by atoms with Crippen molar-refractivity contribution in [3.8, 4) is 17.1 Å². The Morgan fingerprint density at radius 2 is 1.88 bits per heavy atom. The van der Waals surface area contributed by atoms with E-state index in [4.69, 9.17) is 21.1 Å². The number of benzene rings is 1. The van der Waals surface area contributed by atoms with E-state index in [0.717, 1.165) is 24.2 Å². The van der Waals surface area contributed by atoms with Crippen LogP contribution in [0.2, 0.25) is 5.15 Å². The number of nitrogens with zero attached hydrogens (tertiary/aromatic N) is 2. The van der Waals surface area contributed by atoms with Gasteiger partial charge in [0.15, 0.2) is 5.82 Å². The molecule has 25 heavy (non-hydrogen) atoms. The lowest BCUT2D eigenvalue weighted by Gasteiger charge is -2.10. The van der Waals surface area contributed by atoms with E-state index in [-0.39, 0.29) is 17.5 Å². The number of ether oxygens (including phenoxy) is 2. The Balaban J connectivity index is 2.16. The van der Waals surface area contributed by atoms with Crippen molar-refractivity contribution in [2.75, 3.05) is 13.2 Å². The maximum atomic E-state index is 11.7. The first kappa shape index (κ1) is 19.2. The van der Waals surface area contributed by atoms with Crippen LogP contribution in [-0.4, -0.2) is 29.2 Å². The topological polar surface area (TPSA) is 61.3 Å². The molecule has 0 bridgehead atoms. The third-order valence-corrected chi connectivity index (χ3v) is 3.98. The third kappa shape index (κ3) is 5.43. The van der Waals surface area contributed by atoms with Gasteiger partial charge in [0.2, 0.25) is 0 Å². The van der Waals surface area contributed by atoms with Crippen molar-refractivity contribution in [1.29, 1.82) is 0 Å². The molecule has 0 atom stereocenters. The summed E-state index contributed by atoms with van der Waals surface area (Å²) in [7, 11) is 0. The monoisotopic (exact) mass is 362 g/mol. The van der Waals surface area contributed by atoms with Gasteiger partial charge in [0.25, 0.3) is 0 Å². The van der Waals surface area contributed by atoms with Crippen LogP contribution in [0.25, 0.3) is 11.4 Å². The van der Waals surface area contributed by atoms with Gasteiger partial charge in [-0.25, -0.2) is 9.97 Å². The Labute approximate surface area is 153 Å². The summed E-state index contributed by atoms with van der Waals surface area (Å²) in [5.41, 5.74) is 2.12. The molecule has 1 aromatic carbocycles. The van der Waals surface area contributed by atoms with Gasteiger partial charge in [-0.15, -0.1) is 0 Å². The number of halogens is 1. The molecule has 1 aromatic heterocycles. The number of carbonyl (C=O) groups excluding carboxylic acids is 1. The molecule has 0 unspecified atom stereocenters. The lowest BCUT2D eigenvalue weighted by Crippen LogP contribution is -2.11. The van der Waals surface area contributed by atoms with Crippen LogP contribution in [0.5, 0.6) is 5.75 Å². The minimum absolute atomic E-state index is 0.0724. The zero-order chi connectivity index (χ0) is 18.2. The van der Waals surface area contributed by atoms with Crippen LogP contribution in [0.15, 0.2) is 24.3 Å². The van der Waals surface area contributed by atoms with E-state index in [1.807, 2.05) is 31.2 Å². The number of carbonyl (C=O) groups is 1. The third-order valence-electron chi connectivity index (χ3n) is 3.67. The number of rotatable bonds is 8. The number of unbranched alkanes of at least 4 members (excludes halogenated alkanes) is 1. The minimum atomic E-state index is -0.336. The van der Waals surface area contributed by atoms with E-state index in [0.29, 0.717) is 30.3 Å². The zero-order valence-corrected chi connectivity index (χ0v) is 15.6. The molecule has 0 aliphatic carbocycles. The standard InChI is InChI=1S/C19H23ClN2O3/c1-4-6-11-25-15-9-7-14(8-10-15)19-21-13(3)16(18(20)22-19)12-17(23)24-5-2/h7-10H,4-6,11-12H2,1-3H3. The van der Waals surface area contributed by atoms with Crippen molar-refractivity contribution >= 4 is 17.6 Å². The van der Waals surface area contributed by atoms with Crippen LogP contribution in [0.1, 0.15) is 37.9 Å². The molecule has 0 aliphatic rings. The summed E-state index contributed by atoms with van der Waals surface area (Å²) >= 11 is 6.26. The largest absolute Gasteiger partial charge is 0.494 e. The molecule has 0 saturated carbocycles. The quantitative estimate of drug-likeness (QED) is 0.396. The van der Waals surface area contributed by atoms with Crippen LogP contribution in [0.3, 0.4) is 0 Å². The summed E-state index contributed by atoms with van der Waals surface area (Å²) in [6.45, 7) is 6.75. The van der Waals surface area contributed by atoms with Crippen LogP contribution >= 0.6 is 11.6 Å². The first-order chi connectivity index (χ1) is 12.0. The normalized spacial score (nSPS) is 10.6.